The Morgan fingerprint density at radius 1 is 1.65 bits per heavy atom. The third-order valence-corrected chi connectivity index (χ3v) is 3.00. The predicted octanol–water partition coefficient (Wildman–Crippen LogP) is 1.50. The number of hydrogen-bond acceptors (Lipinski definition) is 4. The summed E-state index contributed by atoms with van der Waals surface area (Å²) in [5.41, 5.74) is -0.202. The Kier molecular flexibility index (Phi) is 3.47. The van der Waals surface area contributed by atoms with Crippen molar-refractivity contribution in [2.45, 2.75) is 38.8 Å². The van der Waals surface area contributed by atoms with Gasteiger partial charge in [-0.05, 0) is 26.7 Å². The minimum Gasteiger partial charge on any atom is -0.376 e. The molecule has 5 heteroatoms. The van der Waals surface area contributed by atoms with Gasteiger partial charge in [0.25, 0.3) is 0 Å². The minimum absolute atomic E-state index is 0.0293. The lowest BCUT2D eigenvalue weighted by Crippen LogP contribution is -2.41. The molecule has 5 nitrogen and oxygen atoms in total. The number of nitrogens with zero attached hydrogens (tertiary/aromatic N) is 1. The first kappa shape index (κ1) is 12.1. The number of aromatic nitrogens is 1. The van der Waals surface area contributed by atoms with Crippen LogP contribution < -0.4 is 5.32 Å². The topological polar surface area (TPSA) is 64.4 Å². The lowest BCUT2D eigenvalue weighted by molar-refractivity contribution is -0.135. The molecule has 1 N–H and O–H groups in total. The van der Waals surface area contributed by atoms with Crippen molar-refractivity contribution in [1.82, 2.24) is 10.5 Å². The lowest BCUT2D eigenvalue weighted by atomic mass is 9.88. The maximum atomic E-state index is 12.0. The average Bonchev–Trinajstić information content (AvgIpc) is 2.77. The van der Waals surface area contributed by atoms with Crippen LogP contribution in [0.2, 0.25) is 0 Å². The van der Waals surface area contributed by atoms with Gasteiger partial charge in [0.15, 0.2) is 5.76 Å². The van der Waals surface area contributed by atoms with E-state index in [1.54, 1.807) is 12.3 Å². The van der Waals surface area contributed by atoms with E-state index in [0.717, 1.165) is 12.8 Å². The van der Waals surface area contributed by atoms with E-state index in [1.165, 1.54) is 0 Å². The number of hydrogen-bond donors (Lipinski definition) is 1. The molecule has 0 saturated carbocycles. The molecule has 1 aliphatic heterocycles. The Morgan fingerprint density at radius 3 is 3.12 bits per heavy atom. The van der Waals surface area contributed by atoms with E-state index in [4.69, 9.17) is 9.26 Å². The van der Waals surface area contributed by atoms with Crippen LogP contribution >= 0.6 is 0 Å². The van der Waals surface area contributed by atoms with Crippen molar-refractivity contribution in [3.05, 3.63) is 18.0 Å². The zero-order chi connectivity index (χ0) is 12.3. The molecule has 94 valence electrons. The van der Waals surface area contributed by atoms with Crippen LogP contribution in [0.1, 0.15) is 32.4 Å². The molecule has 1 amide bonds. The van der Waals surface area contributed by atoms with Crippen molar-refractivity contribution in [3.63, 3.8) is 0 Å². The van der Waals surface area contributed by atoms with E-state index in [2.05, 4.69) is 10.5 Å². The highest BCUT2D eigenvalue weighted by Crippen LogP contribution is 2.28. The molecular formula is C12H18N2O3. The highest BCUT2D eigenvalue weighted by Gasteiger charge is 2.32. The first-order valence-corrected chi connectivity index (χ1v) is 5.88. The molecule has 0 aliphatic carbocycles. The average molecular weight is 238 g/mol. The van der Waals surface area contributed by atoms with Gasteiger partial charge in [0.05, 0.1) is 18.3 Å². The van der Waals surface area contributed by atoms with Crippen LogP contribution in [0, 0.1) is 5.92 Å². The summed E-state index contributed by atoms with van der Waals surface area (Å²) in [6.45, 7) is 5.08. The van der Waals surface area contributed by atoms with Gasteiger partial charge in [-0.1, -0.05) is 5.16 Å². The van der Waals surface area contributed by atoms with Crippen LogP contribution in [0.15, 0.2) is 16.8 Å². The monoisotopic (exact) mass is 238 g/mol. The van der Waals surface area contributed by atoms with Gasteiger partial charge in [-0.15, -0.1) is 0 Å². The van der Waals surface area contributed by atoms with Crippen LogP contribution in [0.4, 0.5) is 0 Å². The fraction of sp³-hybridized carbons (Fsp3) is 0.667. The highest BCUT2D eigenvalue weighted by molar-refractivity contribution is 5.78. The summed E-state index contributed by atoms with van der Waals surface area (Å²) in [5.74, 6) is 0.768. The summed E-state index contributed by atoms with van der Waals surface area (Å²) in [6, 6.07) is 1.74. The van der Waals surface area contributed by atoms with Crippen LogP contribution in [-0.4, -0.2) is 23.3 Å². The number of ether oxygens (including phenoxy) is 1. The van der Waals surface area contributed by atoms with Gasteiger partial charge in [-0.3, -0.25) is 4.79 Å². The number of nitrogens with one attached hydrogen (secondary N) is 1. The Morgan fingerprint density at radius 2 is 2.47 bits per heavy atom. The van der Waals surface area contributed by atoms with Gasteiger partial charge in [0.1, 0.15) is 0 Å². The fourth-order valence-electron chi connectivity index (χ4n) is 2.11. The Labute approximate surface area is 101 Å². The summed E-state index contributed by atoms with van der Waals surface area (Å²) >= 11 is 0. The van der Waals surface area contributed by atoms with E-state index in [-0.39, 0.29) is 17.4 Å². The maximum Gasteiger partial charge on any atom is 0.223 e. The fourth-order valence-corrected chi connectivity index (χ4v) is 2.11. The molecule has 1 fully saturated rings. The van der Waals surface area contributed by atoms with Crippen LogP contribution in [-0.2, 0) is 16.1 Å². The Bertz CT molecular complexity index is 373. The van der Waals surface area contributed by atoms with Gasteiger partial charge in [0, 0.05) is 18.6 Å². The molecule has 0 aromatic carbocycles. The predicted molar refractivity (Wildman–Crippen MR) is 61.1 cm³/mol. The minimum atomic E-state index is -0.202. The van der Waals surface area contributed by atoms with Gasteiger partial charge < -0.3 is 14.6 Å². The van der Waals surface area contributed by atoms with Crippen molar-refractivity contribution in [1.29, 1.82) is 0 Å². The van der Waals surface area contributed by atoms with E-state index in [9.17, 15) is 4.79 Å². The zero-order valence-electron chi connectivity index (χ0n) is 10.2. The second-order valence-corrected chi connectivity index (χ2v) is 4.99. The molecule has 1 aromatic heterocycles. The van der Waals surface area contributed by atoms with Gasteiger partial charge >= 0.3 is 0 Å². The summed E-state index contributed by atoms with van der Waals surface area (Å²) in [5, 5.41) is 6.45. The maximum absolute atomic E-state index is 12.0. The highest BCUT2D eigenvalue weighted by atomic mass is 16.5. The first-order chi connectivity index (χ1) is 8.07. The van der Waals surface area contributed by atoms with Crippen molar-refractivity contribution >= 4 is 5.91 Å². The second kappa shape index (κ2) is 4.87. The molecular weight excluding hydrogens is 220 g/mol. The standard InChI is InChI=1S/C12H18N2O3/c1-12(2)7-9(4-6-16-12)11(15)13-8-10-3-5-14-17-10/h3,5,9H,4,6-8H2,1-2H3,(H,13,15)/t9-/m1/s1. The van der Waals surface area contributed by atoms with Gasteiger partial charge in [0.2, 0.25) is 5.91 Å². The van der Waals surface area contributed by atoms with Crippen molar-refractivity contribution in [2.24, 2.45) is 5.92 Å². The number of rotatable bonds is 3. The lowest BCUT2D eigenvalue weighted by Gasteiger charge is -2.34. The third-order valence-electron chi connectivity index (χ3n) is 3.00. The normalized spacial score (nSPS) is 23.3. The number of carbonyl (C=O) groups is 1. The summed E-state index contributed by atoms with van der Waals surface area (Å²) in [4.78, 5) is 12.0. The van der Waals surface area contributed by atoms with E-state index < -0.39 is 0 Å². The van der Waals surface area contributed by atoms with E-state index in [0.29, 0.717) is 18.9 Å². The summed E-state index contributed by atoms with van der Waals surface area (Å²) in [6.07, 6.45) is 3.11. The number of amides is 1. The Balaban J connectivity index is 1.83. The molecule has 1 atom stereocenters. The smallest absolute Gasteiger partial charge is 0.223 e. The summed E-state index contributed by atoms with van der Waals surface area (Å²) < 4.78 is 10.5. The molecule has 0 spiro atoms. The molecule has 1 saturated heterocycles. The quantitative estimate of drug-likeness (QED) is 0.866. The third kappa shape index (κ3) is 3.30. The molecule has 1 aromatic rings. The molecule has 2 rings (SSSR count). The largest absolute Gasteiger partial charge is 0.376 e. The SMILES string of the molecule is CC1(C)C[C@H](C(=O)NCc2ccno2)CCO1. The van der Waals surface area contributed by atoms with Crippen LogP contribution in [0.3, 0.4) is 0 Å². The number of carbonyl (C=O) groups excluding carboxylic acids is 1. The summed E-state index contributed by atoms with van der Waals surface area (Å²) in [7, 11) is 0. The second-order valence-electron chi connectivity index (χ2n) is 4.99. The van der Waals surface area contributed by atoms with Crippen molar-refractivity contribution < 1.29 is 14.1 Å². The van der Waals surface area contributed by atoms with Crippen LogP contribution in [0.5, 0.6) is 0 Å². The van der Waals surface area contributed by atoms with Crippen molar-refractivity contribution in [2.75, 3.05) is 6.61 Å². The molecule has 17 heavy (non-hydrogen) atoms. The van der Waals surface area contributed by atoms with Gasteiger partial charge in [-0.25, -0.2) is 0 Å². The van der Waals surface area contributed by atoms with Crippen LogP contribution in [0.25, 0.3) is 0 Å². The molecule has 0 bridgehead atoms. The molecule has 2 heterocycles. The molecule has 1 aliphatic rings. The molecule has 0 unspecified atom stereocenters. The molecule has 0 radical (unpaired) electrons. The van der Waals surface area contributed by atoms with E-state index >= 15 is 0 Å². The zero-order valence-corrected chi connectivity index (χ0v) is 10.2. The van der Waals surface area contributed by atoms with Gasteiger partial charge in [-0.2, -0.15) is 0 Å². The Hall–Kier alpha value is -1.36. The van der Waals surface area contributed by atoms with E-state index in [1.807, 2.05) is 13.8 Å². The first-order valence-electron chi connectivity index (χ1n) is 5.88. The van der Waals surface area contributed by atoms with Crippen molar-refractivity contribution in [3.8, 4) is 0 Å².